The van der Waals surface area contributed by atoms with E-state index in [4.69, 9.17) is 0 Å². The Labute approximate surface area is 38.9 Å². The zero-order chi connectivity index (χ0) is 4.57. The van der Waals surface area contributed by atoms with E-state index in [0.29, 0.717) is 0 Å². The van der Waals surface area contributed by atoms with E-state index in [2.05, 4.69) is 13.5 Å². The minimum Gasteiger partial charge on any atom is -0.103 e. The first kappa shape index (κ1) is 3.91. The molecule has 0 unspecified atom stereocenters. The fourth-order valence-corrected chi connectivity index (χ4v) is 0.679. The summed E-state index contributed by atoms with van der Waals surface area (Å²) in [6, 6.07) is 0. The molecular formula is C6H10. The highest BCUT2D eigenvalue weighted by Crippen LogP contribution is 2.37. The van der Waals surface area contributed by atoms with Crippen LogP contribution in [0.1, 0.15) is 13.3 Å². The Kier molecular flexibility index (Phi) is 0.722. The van der Waals surface area contributed by atoms with Crippen LogP contribution >= 0.6 is 0 Å². The van der Waals surface area contributed by atoms with Gasteiger partial charge in [0.2, 0.25) is 0 Å². The van der Waals surface area contributed by atoms with E-state index in [1.807, 2.05) is 6.08 Å². The Morgan fingerprint density at radius 3 is 2.33 bits per heavy atom. The highest BCUT2D eigenvalue weighted by atomic mass is 14.3. The van der Waals surface area contributed by atoms with Crippen LogP contribution in [0.5, 0.6) is 0 Å². The Morgan fingerprint density at radius 1 is 1.83 bits per heavy atom. The summed E-state index contributed by atoms with van der Waals surface area (Å²) in [5.74, 6) is 1.81. The summed E-state index contributed by atoms with van der Waals surface area (Å²) >= 11 is 0. The third-order valence-electron chi connectivity index (χ3n) is 1.47. The average Bonchev–Trinajstić information content (AvgIpc) is 2.19. The lowest BCUT2D eigenvalue weighted by atomic mass is 10.3. The van der Waals surface area contributed by atoms with Crippen LogP contribution in [0.3, 0.4) is 0 Å². The smallest absolute Gasteiger partial charge is 0.0207 e. The first-order valence-electron chi connectivity index (χ1n) is 2.47. The SMILES string of the molecule is C=C[C@H]1C[C@@H]1C. The van der Waals surface area contributed by atoms with Crippen molar-refractivity contribution in [2.75, 3.05) is 0 Å². The quantitative estimate of drug-likeness (QED) is 0.423. The largest absolute Gasteiger partial charge is 0.103 e. The molecule has 0 N–H and O–H groups in total. The molecule has 1 fully saturated rings. The van der Waals surface area contributed by atoms with Gasteiger partial charge in [0.05, 0.1) is 0 Å². The van der Waals surface area contributed by atoms with E-state index in [1.54, 1.807) is 0 Å². The fraction of sp³-hybridized carbons (Fsp3) is 0.667. The highest BCUT2D eigenvalue weighted by Gasteiger charge is 2.28. The van der Waals surface area contributed by atoms with Gasteiger partial charge in [0.1, 0.15) is 0 Å². The summed E-state index contributed by atoms with van der Waals surface area (Å²) in [5.41, 5.74) is 0. The Balaban J connectivity index is 2.25. The maximum Gasteiger partial charge on any atom is -0.0207 e. The van der Waals surface area contributed by atoms with Crippen LogP contribution in [0.15, 0.2) is 12.7 Å². The van der Waals surface area contributed by atoms with Crippen LogP contribution < -0.4 is 0 Å². The lowest BCUT2D eigenvalue weighted by molar-refractivity contribution is 0.901. The van der Waals surface area contributed by atoms with Gasteiger partial charge < -0.3 is 0 Å². The number of hydrogen-bond donors (Lipinski definition) is 0. The maximum atomic E-state index is 3.67. The molecular weight excluding hydrogens is 72.1 g/mol. The van der Waals surface area contributed by atoms with Gasteiger partial charge in [0.15, 0.2) is 0 Å². The van der Waals surface area contributed by atoms with E-state index >= 15 is 0 Å². The minimum absolute atomic E-state index is 0.866. The molecule has 1 saturated carbocycles. The predicted molar refractivity (Wildman–Crippen MR) is 27.5 cm³/mol. The molecule has 0 nitrogen and oxygen atoms in total. The van der Waals surface area contributed by atoms with Gasteiger partial charge in [-0.1, -0.05) is 13.0 Å². The second-order valence-corrected chi connectivity index (χ2v) is 2.11. The van der Waals surface area contributed by atoms with Gasteiger partial charge in [-0.2, -0.15) is 0 Å². The van der Waals surface area contributed by atoms with Crippen LogP contribution in [-0.4, -0.2) is 0 Å². The molecule has 2 atom stereocenters. The van der Waals surface area contributed by atoms with Gasteiger partial charge in [-0.15, -0.1) is 6.58 Å². The second kappa shape index (κ2) is 1.11. The van der Waals surface area contributed by atoms with E-state index in [1.165, 1.54) is 6.42 Å². The van der Waals surface area contributed by atoms with Crippen molar-refractivity contribution in [2.45, 2.75) is 13.3 Å². The van der Waals surface area contributed by atoms with Gasteiger partial charge in [-0.3, -0.25) is 0 Å². The van der Waals surface area contributed by atoms with Crippen LogP contribution in [0.2, 0.25) is 0 Å². The lowest BCUT2D eigenvalue weighted by Crippen LogP contribution is -1.62. The summed E-state index contributed by atoms with van der Waals surface area (Å²) < 4.78 is 0. The summed E-state index contributed by atoms with van der Waals surface area (Å²) in [6.07, 6.45) is 3.42. The molecule has 0 heteroatoms. The maximum absolute atomic E-state index is 3.67. The molecule has 34 valence electrons. The van der Waals surface area contributed by atoms with E-state index in [-0.39, 0.29) is 0 Å². The lowest BCUT2D eigenvalue weighted by Gasteiger charge is -1.72. The molecule has 0 heterocycles. The predicted octanol–water partition coefficient (Wildman–Crippen LogP) is 1.83. The third kappa shape index (κ3) is 0.469. The molecule has 0 radical (unpaired) electrons. The van der Waals surface area contributed by atoms with Crippen molar-refractivity contribution in [3.63, 3.8) is 0 Å². The number of rotatable bonds is 1. The molecule has 0 bridgehead atoms. The monoisotopic (exact) mass is 82.1 g/mol. The van der Waals surface area contributed by atoms with Gasteiger partial charge in [-0.05, 0) is 18.3 Å². The Bertz CT molecular complexity index is 64.4. The molecule has 1 aliphatic rings. The van der Waals surface area contributed by atoms with Gasteiger partial charge in [0, 0.05) is 0 Å². The van der Waals surface area contributed by atoms with Gasteiger partial charge in [-0.25, -0.2) is 0 Å². The van der Waals surface area contributed by atoms with Crippen LogP contribution in [0.4, 0.5) is 0 Å². The van der Waals surface area contributed by atoms with Gasteiger partial charge in [0.25, 0.3) is 0 Å². The zero-order valence-electron chi connectivity index (χ0n) is 4.15. The second-order valence-electron chi connectivity index (χ2n) is 2.11. The molecule has 1 aliphatic carbocycles. The van der Waals surface area contributed by atoms with E-state index in [9.17, 15) is 0 Å². The van der Waals surface area contributed by atoms with E-state index < -0.39 is 0 Å². The molecule has 0 aromatic rings. The molecule has 0 amide bonds. The van der Waals surface area contributed by atoms with Gasteiger partial charge >= 0.3 is 0 Å². The zero-order valence-corrected chi connectivity index (χ0v) is 4.15. The Morgan fingerprint density at radius 2 is 2.33 bits per heavy atom. The molecule has 0 aromatic heterocycles. The van der Waals surface area contributed by atoms with Crippen molar-refractivity contribution >= 4 is 0 Å². The number of hydrogen-bond acceptors (Lipinski definition) is 0. The molecule has 0 spiro atoms. The van der Waals surface area contributed by atoms with Crippen molar-refractivity contribution in [2.24, 2.45) is 11.8 Å². The van der Waals surface area contributed by atoms with Crippen LogP contribution in [0, 0.1) is 11.8 Å². The van der Waals surface area contributed by atoms with Crippen molar-refractivity contribution in [3.8, 4) is 0 Å². The van der Waals surface area contributed by atoms with E-state index in [0.717, 1.165) is 11.8 Å². The fourth-order valence-electron chi connectivity index (χ4n) is 0.679. The first-order valence-corrected chi connectivity index (χ1v) is 2.47. The molecule has 0 aromatic carbocycles. The van der Waals surface area contributed by atoms with Crippen molar-refractivity contribution in [3.05, 3.63) is 12.7 Å². The van der Waals surface area contributed by atoms with Crippen molar-refractivity contribution < 1.29 is 0 Å². The summed E-state index contributed by atoms with van der Waals surface area (Å²) in [5, 5.41) is 0. The average molecular weight is 82.1 g/mol. The standard InChI is InChI=1S/C6H10/c1-3-6-4-5(6)2/h3,5-6H,1,4H2,2H3/t5-,6-/m0/s1. The summed E-state index contributed by atoms with van der Waals surface area (Å²) in [4.78, 5) is 0. The normalized spacial score (nSPS) is 42.2. The topological polar surface area (TPSA) is 0 Å². The van der Waals surface area contributed by atoms with Crippen LogP contribution in [0.25, 0.3) is 0 Å². The first-order chi connectivity index (χ1) is 2.84. The van der Waals surface area contributed by atoms with Crippen molar-refractivity contribution in [1.82, 2.24) is 0 Å². The Hall–Kier alpha value is -0.260. The van der Waals surface area contributed by atoms with Crippen molar-refractivity contribution in [1.29, 1.82) is 0 Å². The minimum atomic E-state index is 0.866. The molecule has 1 rings (SSSR count). The summed E-state index contributed by atoms with van der Waals surface area (Å²) in [6.45, 7) is 5.93. The molecule has 6 heavy (non-hydrogen) atoms. The third-order valence-corrected chi connectivity index (χ3v) is 1.47. The molecule has 0 aliphatic heterocycles. The molecule has 0 saturated heterocycles. The number of allylic oxidation sites excluding steroid dienone is 1. The summed E-state index contributed by atoms with van der Waals surface area (Å²) in [7, 11) is 0. The highest BCUT2D eigenvalue weighted by molar-refractivity contribution is 4.95. The van der Waals surface area contributed by atoms with Crippen LogP contribution in [-0.2, 0) is 0 Å².